The molecule has 5 nitrogen and oxygen atoms in total. The van der Waals surface area contributed by atoms with Gasteiger partial charge in [0, 0.05) is 5.02 Å². The normalized spacial score (nSPS) is 16.9. The summed E-state index contributed by atoms with van der Waals surface area (Å²) in [7, 11) is 1.37. The number of carbonyl (C=O) groups is 1. The molecule has 152 valence electrons. The van der Waals surface area contributed by atoms with Crippen LogP contribution in [-0.4, -0.2) is 23.8 Å². The lowest BCUT2D eigenvalue weighted by Crippen LogP contribution is -2.40. The van der Waals surface area contributed by atoms with E-state index in [2.05, 4.69) is 6.92 Å². The number of ether oxygens (including phenoxy) is 1. The van der Waals surface area contributed by atoms with Gasteiger partial charge in [0.25, 0.3) is 0 Å². The van der Waals surface area contributed by atoms with Crippen molar-refractivity contribution in [1.82, 2.24) is 4.90 Å². The summed E-state index contributed by atoms with van der Waals surface area (Å²) in [6, 6.07) is 27.4. The molecule has 0 bridgehead atoms. The monoisotopic (exact) mass is 419 g/mol. The predicted molar refractivity (Wildman–Crippen MR) is 119 cm³/mol. The number of hydrogen-bond acceptors (Lipinski definition) is 5. The number of halogens is 1. The van der Waals surface area contributed by atoms with E-state index in [0.717, 1.165) is 16.8 Å². The smallest absolute Gasteiger partial charge is 0.375 e. The van der Waals surface area contributed by atoms with Crippen LogP contribution in [0.4, 0.5) is 5.69 Å². The van der Waals surface area contributed by atoms with E-state index in [-0.39, 0.29) is 18.0 Å². The van der Waals surface area contributed by atoms with Crippen LogP contribution in [0.1, 0.15) is 30.3 Å². The third-order valence-electron chi connectivity index (χ3n) is 5.20. The highest BCUT2D eigenvalue weighted by Crippen LogP contribution is 2.41. The summed E-state index contributed by atoms with van der Waals surface area (Å²) in [5.74, 6) is -0.215. The average molecular weight is 420 g/mol. The first-order chi connectivity index (χ1) is 14.6. The van der Waals surface area contributed by atoms with E-state index >= 15 is 0 Å². The number of benzene rings is 3. The molecular weight excluding hydrogens is 398 g/mol. The number of esters is 1. The first-order valence-electron chi connectivity index (χ1n) is 9.70. The van der Waals surface area contributed by atoms with E-state index in [1.54, 1.807) is 0 Å². The second-order valence-corrected chi connectivity index (χ2v) is 7.45. The minimum absolute atomic E-state index is 0.119. The van der Waals surface area contributed by atoms with E-state index in [1.807, 2.05) is 94.8 Å². The van der Waals surface area contributed by atoms with Crippen molar-refractivity contribution in [2.75, 3.05) is 12.1 Å². The molecule has 0 amide bonds. The van der Waals surface area contributed by atoms with E-state index in [4.69, 9.17) is 21.4 Å². The van der Waals surface area contributed by atoms with Crippen molar-refractivity contribution in [3.63, 3.8) is 0 Å². The number of anilines is 1. The molecule has 0 aromatic heterocycles. The summed E-state index contributed by atoms with van der Waals surface area (Å²) >= 11 is 6.09. The number of amidine groups is 1. The first kappa shape index (κ1) is 20.0. The van der Waals surface area contributed by atoms with Gasteiger partial charge < -0.3 is 9.64 Å². The minimum Gasteiger partial charge on any atom is -0.463 e. The van der Waals surface area contributed by atoms with Crippen LogP contribution in [0.2, 0.25) is 5.02 Å². The highest BCUT2D eigenvalue weighted by Gasteiger charge is 2.42. The Morgan fingerprint density at radius 2 is 1.57 bits per heavy atom. The van der Waals surface area contributed by atoms with Crippen LogP contribution in [-0.2, 0) is 9.53 Å². The molecule has 0 fully saturated rings. The van der Waals surface area contributed by atoms with Gasteiger partial charge in [0.1, 0.15) is 0 Å². The van der Waals surface area contributed by atoms with Crippen LogP contribution < -0.4 is 5.01 Å². The average Bonchev–Trinajstić information content (AvgIpc) is 3.20. The van der Waals surface area contributed by atoms with Crippen LogP contribution >= 0.6 is 11.6 Å². The highest BCUT2D eigenvalue weighted by molar-refractivity contribution is 6.36. The van der Waals surface area contributed by atoms with Gasteiger partial charge in [-0.25, -0.2) is 9.80 Å². The second kappa shape index (κ2) is 8.59. The molecule has 0 saturated heterocycles. The largest absolute Gasteiger partial charge is 0.463 e. The van der Waals surface area contributed by atoms with Crippen molar-refractivity contribution in [2.24, 2.45) is 5.10 Å². The van der Waals surface area contributed by atoms with Gasteiger partial charge >= 0.3 is 5.97 Å². The zero-order valence-corrected chi connectivity index (χ0v) is 17.5. The molecule has 6 heteroatoms. The van der Waals surface area contributed by atoms with Crippen molar-refractivity contribution in [2.45, 2.75) is 19.1 Å². The van der Waals surface area contributed by atoms with E-state index in [0.29, 0.717) is 5.02 Å². The van der Waals surface area contributed by atoms with Crippen molar-refractivity contribution in [3.8, 4) is 0 Å². The Hall–Kier alpha value is -3.31. The molecule has 0 aliphatic carbocycles. The molecular formula is C24H22ClN3O2. The summed E-state index contributed by atoms with van der Waals surface area (Å²) in [5.41, 5.74) is 2.92. The number of hydrazone groups is 1. The fourth-order valence-electron chi connectivity index (χ4n) is 3.69. The van der Waals surface area contributed by atoms with Crippen molar-refractivity contribution >= 4 is 29.1 Å². The number of methoxy groups -OCH3 is 1. The molecule has 0 N–H and O–H groups in total. The Morgan fingerprint density at radius 1 is 0.967 bits per heavy atom. The molecule has 1 aliphatic heterocycles. The molecule has 3 aromatic carbocycles. The molecule has 3 aromatic rings. The topological polar surface area (TPSA) is 45.1 Å². The van der Waals surface area contributed by atoms with E-state index < -0.39 is 5.97 Å². The third-order valence-corrected chi connectivity index (χ3v) is 5.45. The zero-order chi connectivity index (χ0) is 21.1. The number of nitrogens with zero attached hydrogens (tertiary/aromatic N) is 3. The van der Waals surface area contributed by atoms with Gasteiger partial charge in [-0.3, -0.25) is 0 Å². The molecule has 0 spiro atoms. The summed E-state index contributed by atoms with van der Waals surface area (Å²) in [6.07, 6.45) is -0.323. The fourth-order valence-corrected chi connectivity index (χ4v) is 3.81. The Bertz CT molecular complexity index is 1040. The Balaban J connectivity index is 1.86. The van der Waals surface area contributed by atoms with Crippen LogP contribution in [0.25, 0.3) is 0 Å². The molecule has 4 rings (SSSR count). The fraction of sp³-hybridized carbons (Fsp3) is 0.167. The maximum atomic E-state index is 12.7. The number of hydrogen-bond donors (Lipinski definition) is 0. The summed E-state index contributed by atoms with van der Waals surface area (Å²) in [4.78, 5) is 14.7. The summed E-state index contributed by atoms with van der Waals surface area (Å²) < 4.78 is 5.08. The maximum absolute atomic E-state index is 12.7. The van der Waals surface area contributed by atoms with Gasteiger partial charge in [-0.1, -0.05) is 72.3 Å². The minimum atomic E-state index is -0.477. The highest BCUT2D eigenvalue weighted by atomic mass is 35.5. The number of rotatable bonds is 5. The molecule has 0 radical (unpaired) electrons. The number of carbonyl (C=O) groups excluding carboxylic acids is 1. The van der Waals surface area contributed by atoms with Crippen molar-refractivity contribution < 1.29 is 9.53 Å². The van der Waals surface area contributed by atoms with Crippen LogP contribution in [0.5, 0.6) is 0 Å². The lowest BCUT2D eigenvalue weighted by Gasteiger charge is -2.36. The van der Waals surface area contributed by atoms with Crippen LogP contribution in [0, 0.1) is 0 Å². The standard InChI is InChI=1S/C24H22ClN3O2/c1-17(18-9-5-3-6-10-18)27-22(24(29)30-2)26-28(21-15-13-20(25)14-16-21)23(27)19-11-7-4-8-12-19/h3-17,23H,1-2H3/t17-,23-/m0/s1. The SMILES string of the molecule is COC(=O)C1=NN(c2ccc(Cl)cc2)[C@@H](c2ccccc2)N1[C@@H](C)c1ccccc1. The van der Waals surface area contributed by atoms with Crippen LogP contribution in [0.15, 0.2) is 90.0 Å². The first-order valence-corrected chi connectivity index (χ1v) is 10.1. The van der Waals surface area contributed by atoms with Crippen molar-refractivity contribution in [3.05, 3.63) is 101 Å². The van der Waals surface area contributed by atoms with Gasteiger partial charge in [-0.15, -0.1) is 5.10 Å². The summed E-state index contributed by atoms with van der Waals surface area (Å²) in [5, 5.41) is 7.19. The zero-order valence-electron chi connectivity index (χ0n) is 16.8. The van der Waals surface area contributed by atoms with Crippen LogP contribution in [0.3, 0.4) is 0 Å². The van der Waals surface area contributed by atoms with Gasteiger partial charge in [-0.05, 0) is 42.3 Å². The molecule has 1 heterocycles. The maximum Gasteiger partial charge on any atom is 0.375 e. The van der Waals surface area contributed by atoms with E-state index in [9.17, 15) is 4.79 Å². The third kappa shape index (κ3) is 3.76. The van der Waals surface area contributed by atoms with Gasteiger partial charge in [0.05, 0.1) is 18.8 Å². The Kier molecular flexibility index (Phi) is 5.72. The molecule has 30 heavy (non-hydrogen) atoms. The predicted octanol–water partition coefficient (Wildman–Crippen LogP) is 5.41. The second-order valence-electron chi connectivity index (χ2n) is 7.01. The molecule has 2 atom stereocenters. The van der Waals surface area contributed by atoms with Gasteiger partial charge in [0.15, 0.2) is 6.17 Å². The van der Waals surface area contributed by atoms with E-state index in [1.165, 1.54) is 7.11 Å². The Morgan fingerprint density at radius 3 is 2.17 bits per heavy atom. The molecule has 1 aliphatic rings. The lowest BCUT2D eigenvalue weighted by atomic mass is 10.0. The summed E-state index contributed by atoms with van der Waals surface area (Å²) in [6.45, 7) is 2.06. The van der Waals surface area contributed by atoms with Gasteiger partial charge in [-0.2, -0.15) is 0 Å². The lowest BCUT2D eigenvalue weighted by molar-refractivity contribution is -0.133. The van der Waals surface area contributed by atoms with Gasteiger partial charge in [0.2, 0.25) is 5.84 Å². The Labute approximate surface area is 181 Å². The quantitative estimate of drug-likeness (QED) is 0.519. The van der Waals surface area contributed by atoms with Crippen molar-refractivity contribution in [1.29, 1.82) is 0 Å². The molecule has 0 unspecified atom stereocenters. The molecule has 0 saturated carbocycles.